The highest BCUT2D eigenvalue weighted by atomic mass is 35.7. The summed E-state index contributed by atoms with van der Waals surface area (Å²) in [5, 5.41) is 0. The molecule has 0 aromatic heterocycles. The van der Waals surface area contributed by atoms with Crippen molar-refractivity contribution in [2.24, 2.45) is 0 Å². The first-order valence-electron chi connectivity index (χ1n) is 7.21. The lowest BCUT2D eigenvalue weighted by Gasteiger charge is -2.10. The summed E-state index contributed by atoms with van der Waals surface area (Å²) in [6, 6.07) is 0. The second-order valence-corrected chi connectivity index (χ2v) is 7.19. The summed E-state index contributed by atoms with van der Waals surface area (Å²) >= 11 is 5.62. The molecular weight excluding hydrogens is 271 g/mol. The van der Waals surface area contributed by atoms with Crippen molar-refractivity contribution in [2.75, 3.05) is 13.2 Å². The van der Waals surface area contributed by atoms with Gasteiger partial charge in [-0.2, -0.15) is 0 Å². The molecule has 0 aromatic rings. The van der Waals surface area contributed by atoms with Crippen molar-refractivity contribution in [2.45, 2.75) is 71.6 Å². The molecule has 1 unspecified atom stereocenters. The van der Waals surface area contributed by atoms with Gasteiger partial charge in [-0.15, -0.1) is 0 Å². The van der Waals surface area contributed by atoms with Gasteiger partial charge >= 0.3 is 6.95 Å². The van der Waals surface area contributed by atoms with E-state index in [1.54, 1.807) is 0 Å². The molecule has 0 aliphatic heterocycles. The first kappa shape index (κ1) is 18.4. The van der Waals surface area contributed by atoms with E-state index in [0.717, 1.165) is 19.3 Å². The van der Waals surface area contributed by atoms with E-state index in [9.17, 15) is 4.57 Å². The second kappa shape index (κ2) is 12.5. The van der Waals surface area contributed by atoms with Crippen molar-refractivity contribution >= 4 is 18.2 Å². The van der Waals surface area contributed by atoms with Gasteiger partial charge in [0.25, 0.3) is 0 Å². The Morgan fingerprint density at radius 2 is 1.28 bits per heavy atom. The van der Waals surface area contributed by atoms with Crippen LogP contribution in [-0.2, 0) is 13.6 Å². The summed E-state index contributed by atoms with van der Waals surface area (Å²) in [6.45, 7) is 1.67. The fourth-order valence-corrected chi connectivity index (χ4v) is 2.88. The van der Waals surface area contributed by atoms with E-state index < -0.39 is 6.95 Å². The average Bonchev–Trinajstić information content (AvgIpc) is 2.34. The van der Waals surface area contributed by atoms with Crippen molar-refractivity contribution in [3.05, 3.63) is 0 Å². The lowest BCUT2D eigenvalue weighted by atomic mass is 10.1. The molecule has 3 nitrogen and oxygen atoms in total. The summed E-state index contributed by atoms with van der Waals surface area (Å²) in [6.07, 6.45) is 10.6. The molecule has 0 fully saturated rings. The zero-order chi connectivity index (χ0) is 13.7. The van der Waals surface area contributed by atoms with Crippen LogP contribution in [0.15, 0.2) is 0 Å². The monoisotopic (exact) mass is 298 g/mol. The van der Waals surface area contributed by atoms with E-state index in [4.69, 9.17) is 20.3 Å². The highest BCUT2D eigenvalue weighted by Crippen LogP contribution is 2.53. The van der Waals surface area contributed by atoms with Crippen molar-refractivity contribution in [3.63, 3.8) is 0 Å². The van der Waals surface area contributed by atoms with Gasteiger partial charge in [-0.1, -0.05) is 58.8 Å². The van der Waals surface area contributed by atoms with Crippen LogP contribution in [0.25, 0.3) is 0 Å². The van der Waals surface area contributed by atoms with Crippen LogP contribution in [-0.4, -0.2) is 13.2 Å². The molecule has 0 spiro atoms. The Bertz CT molecular complexity index is 224. The maximum absolute atomic E-state index is 11.5. The van der Waals surface area contributed by atoms with Gasteiger partial charge in [0.2, 0.25) is 0 Å². The Hall–Kier alpha value is 0.440. The van der Waals surface area contributed by atoms with Crippen molar-refractivity contribution in [3.8, 4) is 0 Å². The molecule has 0 bridgehead atoms. The van der Waals surface area contributed by atoms with Gasteiger partial charge in [-0.25, -0.2) is 4.57 Å². The van der Waals surface area contributed by atoms with Crippen molar-refractivity contribution in [1.29, 1.82) is 0 Å². The summed E-state index contributed by atoms with van der Waals surface area (Å²) in [4.78, 5) is 0. The Morgan fingerprint density at radius 3 is 1.83 bits per heavy atom. The van der Waals surface area contributed by atoms with Gasteiger partial charge in [0.15, 0.2) is 0 Å². The van der Waals surface area contributed by atoms with Gasteiger partial charge in [0, 0.05) is 11.2 Å². The molecule has 0 radical (unpaired) electrons. The lowest BCUT2D eigenvalue weighted by Crippen LogP contribution is -1.94. The Morgan fingerprint density at radius 1 is 0.778 bits per heavy atom. The first-order chi connectivity index (χ1) is 8.62. The van der Waals surface area contributed by atoms with Crippen LogP contribution in [0, 0.1) is 0 Å². The Kier molecular flexibility index (Phi) is 12.8. The molecule has 0 aliphatic carbocycles. The van der Waals surface area contributed by atoms with Crippen molar-refractivity contribution in [1.82, 2.24) is 0 Å². The molecule has 0 saturated heterocycles. The quantitative estimate of drug-likeness (QED) is 0.313. The number of halogens is 1. The molecule has 110 valence electrons. The van der Waals surface area contributed by atoms with Gasteiger partial charge < -0.3 is 0 Å². The maximum Gasteiger partial charge on any atom is 0.424 e. The van der Waals surface area contributed by atoms with Crippen LogP contribution in [0.1, 0.15) is 71.6 Å². The molecule has 0 N–H and O–H groups in total. The third-order valence-electron chi connectivity index (χ3n) is 2.69. The SMILES string of the molecule is CCCCCCCCCCOP(=O)(Cl)OCCC. The lowest BCUT2D eigenvalue weighted by molar-refractivity contribution is 0.215. The first-order valence-corrected chi connectivity index (χ1v) is 9.66. The zero-order valence-corrected chi connectivity index (χ0v) is 13.5. The molecule has 1 atom stereocenters. The fourth-order valence-electron chi connectivity index (χ4n) is 1.65. The van der Waals surface area contributed by atoms with E-state index in [0.29, 0.717) is 13.2 Å². The minimum absolute atomic E-state index is 0.387. The van der Waals surface area contributed by atoms with Crippen LogP contribution in [0.2, 0.25) is 0 Å². The van der Waals surface area contributed by atoms with E-state index >= 15 is 0 Å². The molecular formula is C13H28ClO3P. The number of unbranched alkanes of at least 4 members (excludes halogenated alkanes) is 7. The molecule has 0 rings (SSSR count). The Labute approximate surface area is 117 Å². The predicted octanol–water partition coefficient (Wildman–Crippen LogP) is 5.92. The normalized spacial score (nSPS) is 14.6. The third-order valence-corrected chi connectivity index (χ3v) is 4.26. The van der Waals surface area contributed by atoms with E-state index in [1.165, 1.54) is 38.5 Å². The van der Waals surface area contributed by atoms with Gasteiger partial charge in [0.1, 0.15) is 0 Å². The molecule has 0 aliphatic rings. The fraction of sp³-hybridized carbons (Fsp3) is 1.00. The number of rotatable bonds is 13. The molecule has 18 heavy (non-hydrogen) atoms. The maximum atomic E-state index is 11.5. The van der Waals surface area contributed by atoms with E-state index in [2.05, 4.69) is 6.92 Å². The third kappa shape index (κ3) is 12.9. The Balaban J connectivity index is 3.26. The van der Waals surface area contributed by atoms with E-state index in [-0.39, 0.29) is 0 Å². The topological polar surface area (TPSA) is 35.5 Å². The number of hydrogen-bond donors (Lipinski definition) is 0. The van der Waals surface area contributed by atoms with Crippen molar-refractivity contribution < 1.29 is 13.6 Å². The van der Waals surface area contributed by atoms with Crippen LogP contribution in [0.3, 0.4) is 0 Å². The summed E-state index contributed by atoms with van der Waals surface area (Å²) < 4.78 is 21.5. The molecule has 0 amide bonds. The minimum atomic E-state index is -3.31. The van der Waals surface area contributed by atoms with Crippen LogP contribution < -0.4 is 0 Å². The largest absolute Gasteiger partial charge is 0.424 e. The smallest absolute Gasteiger partial charge is 0.297 e. The molecule has 0 saturated carbocycles. The van der Waals surface area contributed by atoms with Gasteiger partial charge in [-0.05, 0) is 12.8 Å². The summed E-state index contributed by atoms with van der Waals surface area (Å²) in [5.41, 5.74) is 0. The minimum Gasteiger partial charge on any atom is -0.297 e. The van der Waals surface area contributed by atoms with E-state index in [1.807, 2.05) is 6.92 Å². The molecule has 0 aromatic carbocycles. The van der Waals surface area contributed by atoms with Crippen LogP contribution in [0.4, 0.5) is 0 Å². The standard InChI is InChI=1S/C13H28ClO3P/c1-3-5-6-7-8-9-10-11-13-17-18(14,15)16-12-4-2/h3-13H2,1-2H3. The van der Waals surface area contributed by atoms with Gasteiger partial charge in [0.05, 0.1) is 13.2 Å². The van der Waals surface area contributed by atoms with Crippen LogP contribution in [0.5, 0.6) is 0 Å². The highest BCUT2D eigenvalue weighted by Gasteiger charge is 2.19. The summed E-state index contributed by atoms with van der Waals surface area (Å²) in [5.74, 6) is 0. The molecule has 5 heteroatoms. The molecule has 0 heterocycles. The highest BCUT2D eigenvalue weighted by molar-refractivity contribution is 7.81. The zero-order valence-electron chi connectivity index (χ0n) is 11.8. The summed E-state index contributed by atoms with van der Waals surface area (Å²) in [7, 11) is 0. The predicted molar refractivity (Wildman–Crippen MR) is 78.3 cm³/mol. The second-order valence-electron chi connectivity index (χ2n) is 4.57. The van der Waals surface area contributed by atoms with Gasteiger partial charge in [-0.3, -0.25) is 9.05 Å². The van der Waals surface area contributed by atoms with Crippen LogP contribution >= 0.6 is 18.2 Å². The number of hydrogen-bond acceptors (Lipinski definition) is 3. The average molecular weight is 299 g/mol.